The molecule has 130 valence electrons. The molecule has 0 aliphatic carbocycles. The maximum Gasteiger partial charge on any atom is 0.407 e. The molecule has 0 fully saturated rings. The molecule has 3 heteroatoms. The summed E-state index contributed by atoms with van der Waals surface area (Å²) in [5, 5.41) is 2.71. The highest BCUT2D eigenvalue weighted by Crippen LogP contribution is 2.09. The first-order valence-electron chi connectivity index (χ1n) is 8.66. The molecular weight excluding hydrogens is 310 g/mol. The first-order valence-corrected chi connectivity index (χ1v) is 8.66. The second-order valence-electron chi connectivity index (χ2n) is 6.34. The summed E-state index contributed by atoms with van der Waals surface area (Å²) in [6.45, 7) is 5.18. The van der Waals surface area contributed by atoms with Gasteiger partial charge in [-0.15, -0.1) is 0 Å². The van der Waals surface area contributed by atoms with Crippen molar-refractivity contribution < 1.29 is 9.53 Å². The zero-order valence-corrected chi connectivity index (χ0v) is 14.9. The molecule has 0 atom stereocenters. The van der Waals surface area contributed by atoms with Crippen LogP contribution < -0.4 is 5.32 Å². The van der Waals surface area contributed by atoms with Crippen LogP contribution >= 0.6 is 0 Å². The normalized spacial score (nSPS) is 10.0. The minimum Gasteiger partial charge on any atom is -0.445 e. The summed E-state index contributed by atoms with van der Waals surface area (Å²) in [5.74, 6) is 6.84. The van der Waals surface area contributed by atoms with Gasteiger partial charge >= 0.3 is 6.09 Å². The van der Waals surface area contributed by atoms with Crippen LogP contribution in [0.15, 0.2) is 54.6 Å². The Hall–Kier alpha value is -2.73. The minimum atomic E-state index is -0.413. The molecule has 1 N–H and O–H groups in total. The smallest absolute Gasteiger partial charge is 0.407 e. The van der Waals surface area contributed by atoms with E-state index < -0.39 is 6.09 Å². The van der Waals surface area contributed by atoms with E-state index in [0.29, 0.717) is 18.9 Å². The van der Waals surface area contributed by atoms with E-state index in [1.54, 1.807) is 0 Å². The van der Waals surface area contributed by atoms with Gasteiger partial charge in [0.2, 0.25) is 0 Å². The van der Waals surface area contributed by atoms with E-state index in [9.17, 15) is 4.79 Å². The van der Waals surface area contributed by atoms with Gasteiger partial charge in [0.05, 0.1) is 0 Å². The second kappa shape index (κ2) is 10.2. The quantitative estimate of drug-likeness (QED) is 0.621. The van der Waals surface area contributed by atoms with E-state index in [1.807, 2.05) is 42.5 Å². The third-order valence-electron chi connectivity index (χ3n) is 3.56. The van der Waals surface area contributed by atoms with Crippen LogP contribution in [0.2, 0.25) is 0 Å². The lowest BCUT2D eigenvalue weighted by atomic mass is 10.0. The third-order valence-corrected chi connectivity index (χ3v) is 3.56. The Balaban J connectivity index is 1.65. The summed E-state index contributed by atoms with van der Waals surface area (Å²) >= 11 is 0. The van der Waals surface area contributed by atoms with Gasteiger partial charge in [0.1, 0.15) is 6.61 Å². The fraction of sp³-hybridized carbons (Fsp3) is 0.318. The highest BCUT2D eigenvalue weighted by Gasteiger charge is 2.00. The van der Waals surface area contributed by atoms with Gasteiger partial charge in [-0.25, -0.2) is 4.79 Å². The van der Waals surface area contributed by atoms with Gasteiger partial charge in [0, 0.05) is 18.5 Å². The Morgan fingerprint density at radius 1 is 1.04 bits per heavy atom. The molecule has 0 aliphatic rings. The van der Waals surface area contributed by atoms with Crippen molar-refractivity contribution in [3.63, 3.8) is 0 Å². The van der Waals surface area contributed by atoms with Crippen molar-refractivity contribution in [1.82, 2.24) is 5.32 Å². The van der Waals surface area contributed by atoms with Crippen molar-refractivity contribution in [3.05, 3.63) is 71.3 Å². The molecule has 0 radical (unpaired) electrons. The standard InChI is InChI=1S/C22H25NO2/c1-18(2)16-20-13-11-19(12-14-20)8-6-7-15-23-22(24)25-17-21-9-4-3-5-10-21/h3-5,9-14,18H,7,15-17H2,1-2H3,(H,23,24). The predicted molar refractivity (Wildman–Crippen MR) is 101 cm³/mol. The number of carbonyl (C=O) groups is 1. The lowest BCUT2D eigenvalue weighted by molar-refractivity contribution is 0.140. The summed E-state index contributed by atoms with van der Waals surface area (Å²) in [6, 6.07) is 18.0. The molecule has 2 rings (SSSR count). The number of hydrogen-bond donors (Lipinski definition) is 1. The van der Waals surface area contributed by atoms with Gasteiger partial charge in [-0.1, -0.05) is 68.2 Å². The molecule has 0 spiro atoms. The predicted octanol–water partition coefficient (Wildman–Crippen LogP) is 4.55. The second-order valence-corrected chi connectivity index (χ2v) is 6.34. The molecule has 25 heavy (non-hydrogen) atoms. The molecule has 0 bridgehead atoms. The van der Waals surface area contributed by atoms with E-state index >= 15 is 0 Å². The highest BCUT2D eigenvalue weighted by atomic mass is 16.5. The van der Waals surface area contributed by atoms with Crippen LogP contribution in [-0.2, 0) is 17.8 Å². The Bertz CT molecular complexity index is 709. The summed E-state index contributed by atoms with van der Waals surface area (Å²) < 4.78 is 5.14. The summed E-state index contributed by atoms with van der Waals surface area (Å²) in [5.41, 5.74) is 3.31. The fourth-order valence-electron chi connectivity index (χ4n) is 2.36. The van der Waals surface area contributed by atoms with Crippen molar-refractivity contribution in [1.29, 1.82) is 0 Å². The number of rotatable bonds is 6. The lowest BCUT2D eigenvalue weighted by Gasteiger charge is -2.05. The fourth-order valence-corrected chi connectivity index (χ4v) is 2.36. The largest absolute Gasteiger partial charge is 0.445 e. The Morgan fingerprint density at radius 2 is 1.76 bits per heavy atom. The van der Waals surface area contributed by atoms with E-state index in [4.69, 9.17) is 4.74 Å². The van der Waals surface area contributed by atoms with Gasteiger partial charge in [0.25, 0.3) is 0 Å². The van der Waals surface area contributed by atoms with Crippen LogP contribution in [0.25, 0.3) is 0 Å². The molecule has 3 nitrogen and oxygen atoms in total. The molecule has 0 saturated heterocycles. The zero-order valence-electron chi connectivity index (χ0n) is 14.9. The summed E-state index contributed by atoms with van der Waals surface area (Å²) in [7, 11) is 0. The van der Waals surface area contributed by atoms with E-state index in [-0.39, 0.29) is 6.61 Å². The Labute approximate surface area is 150 Å². The molecule has 0 aromatic heterocycles. The molecule has 0 aliphatic heterocycles. The third kappa shape index (κ3) is 7.58. The molecule has 0 saturated carbocycles. The van der Waals surface area contributed by atoms with Gasteiger partial charge in [0.15, 0.2) is 0 Å². The van der Waals surface area contributed by atoms with Gasteiger partial charge in [-0.2, -0.15) is 0 Å². The van der Waals surface area contributed by atoms with Crippen molar-refractivity contribution in [2.24, 2.45) is 5.92 Å². The Morgan fingerprint density at radius 3 is 2.44 bits per heavy atom. The molecule has 0 unspecified atom stereocenters. The average molecular weight is 335 g/mol. The number of carbonyl (C=O) groups excluding carboxylic acids is 1. The van der Waals surface area contributed by atoms with Gasteiger partial charge in [-0.05, 0) is 35.6 Å². The van der Waals surface area contributed by atoms with E-state index in [1.165, 1.54) is 5.56 Å². The monoisotopic (exact) mass is 335 g/mol. The minimum absolute atomic E-state index is 0.279. The van der Waals surface area contributed by atoms with Crippen molar-refractivity contribution in [2.45, 2.75) is 33.3 Å². The number of alkyl carbamates (subject to hydrolysis) is 1. The maximum absolute atomic E-state index is 11.6. The number of nitrogens with one attached hydrogen (secondary N) is 1. The van der Waals surface area contributed by atoms with Crippen molar-refractivity contribution >= 4 is 6.09 Å². The summed E-state index contributed by atoms with van der Waals surface area (Å²) in [6.07, 6.45) is 1.26. The number of benzene rings is 2. The number of ether oxygens (including phenoxy) is 1. The van der Waals surface area contributed by atoms with Crippen LogP contribution in [0.5, 0.6) is 0 Å². The average Bonchev–Trinajstić information content (AvgIpc) is 2.61. The molecule has 1 amide bonds. The topological polar surface area (TPSA) is 38.3 Å². The Kier molecular flexibility index (Phi) is 7.59. The van der Waals surface area contributed by atoms with Crippen LogP contribution in [0, 0.1) is 17.8 Å². The molecular formula is C22H25NO2. The lowest BCUT2D eigenvalue weighted by Crippen LogP contribution is -2.24. The van der Waals surface area contributed by atoms with Crippen molar-refractivity contribution in [3.8, 4) is 11.8 Å². The van der Waals surface area contributed by atoms with E-state index in [0.717, 1.165) is 17.5 Å². The number of amides is 1. The van der Waals surface area contributed by atoms with E-state index in [2.05, 4.69) is 43.1 Å². The zero-order chi connectivity index (χ0) is 17.9. The maximum atomic E-state index is 11.6. The molecule has 2 aromatic carbocycles. The number of hydrogen-bond acceptors (Lipinski definition) is 2. The van der Waals surface area contributed by atoms with Crippen LogP contribution in [0.3, 0.4) is 0 Å². The summed E-state index contributed by atoms with van der Waals surface area (Å²) in [4.78, 5) is 11.6. The molecule has 0 heterocycles. The first kappa shape index (κ1) is 18.6. The highest BCUT2D eigenvalue weighted by molar-refractivity contribution is 5.67. The van der Waals surface area contributed by atoms with Gasteiger partial charge < -0.3 is 10.1 Å². The van der Waals surface area contributed by atoms with Crippen LogP contribution in [-0.4, -0.2) is 12.6 Å². The molecule has 2 aromatic rings. The van der Waals surface area contributed by atoms with Crippen molar-refractivity contribution in [2.75, 3.05) is 6.54 Å². The first-order chi connectivity index (χ1) is 12.1. The SMILES string of the molecule is CC(C)Cc1ccc(C#CCCNC(=O)OCc2ccccc2)cc1. The van der Waals surface area contributed by atoms with Gasteiger partial charge in [-0.3, -0.25) is 0 Å². The van der Waals surface area contributed by atoms with Crippen LogP contribution in [0.4, 0.5) is 4.79 Å². The van der Waals surface area contributed by atoms with Crippen LogP contribution in [0.1, 0.15) is 37.0 Å².